The molecule has 16 heavy (non-hydrogen) atoms. The van der Waals surface area contributed by atoms with Gasteiger partial charge in [0.25, 0.3) is 0 Å². The Kier molecular flexibility index (Phi) is 3.06. The Morgan fingerprint density at radius 3 is 2.62 bits per heavy atom. The van der Waals surface area contributed by atoms with Crippen LogP contribution < -0.4 is 5.32 Å². The summed E-state index contributed by atoms with van der Waals surface area (Å²) in [6.45, 7) is 3.92. The molecule has 82 valence electrons. The predicted molar refractivity (Wildman–Crippen MR) is 66.2 cm³/mol. The molecule has 0 saturated heterocycles. The first-order chi connectivity index (χ1) is 7.63. The fourth-order valence-corrected chi connectivity index (χ4v) is 1.68. The van der Waals surface area contributed by atoms with Crippen LogP contribution in [-0.2, 0) is 0 Å². The standard InChI is InChI=1S/C12H12ClN3/c1-8-4-3-5-10(6-8)15-12-14-9(2)7-11(13)16-12/h3-7H,1-2H3,(H,14,15,16). The summed E-state index contributed by atoms with van der Waals surface area (Å²) in [7, 11) is 0. The van der Waals surface area contributed by atoms with Crippen molar-refractivity contribution in [2.45, 2.75) is 13.8 Å². The Balaban J connectivity index is 2.27. The maximum Gasteiger partial charge on any atom is 0.228 e. The summed E-state index contributed by atoms with van der Waals surface area (Å²) in [5.41, 5.74) is 2.99. The van der Waals surface area contributed by atoms with E-state index in [4.69, 9.17) is 11.6 Å². The van der Waals surface area contributed by atoms with E-state index < -0.39 is 0 Å². The van der Waals surface area contributed by atoms with Crippen LogP contribution in [-0.4, -0.2) is 9.97 Å². The summed E-state index contributed by atoms with van der Waals surface area (Å²) in [5, 5.41) is 3.57. The van der Waals surface area contributed by atoms with Crippen LogP contribution in [0.1, 0.15) is 11.3 Å². The maximum absolute atomic E-state index is 5.86. The van der Waals surface area contributed by atoms with Crippen molar-refractivity contribution in [1.82, 2.24) is 9.97 Å². The van der Waals surface area contributed by atoms with Gasteiger partial charge in [-0.1, -0.05) is 23.7 Å². The lowest BCUT2D eigenvalue weighted by Crippen LogP contribution is -1.98. The van der Waals surface area contributed by atoms with E-state index in [1.165, 1.54) is 5.56 Å². The van der Waals surface area contributed by atoms with Gasteiger partial charge in [-0.25, -0.2) is 9.97 Å². The Bertz CT molecular complexity index is 491. The number of rotatable bonds is 2. The number of nitrogens with zero attached hydrogens (tertiary/aromatic N) is 2. The Morgan fingerprint density at radius 2 is 1.94 bits per heavy atom. The Hall–Kier alpha value is -1.61. The van der Waals surface area contributed by atoms with Crippen molar-refractivity contribution in [1.29, 1.82) is 0 Å². The molecule has 1 N–H and O–H groups in total. The molecule has 0 aliphatic carbocycles. The van der Waals surface area contributed by atoms with E-state index in [1.807, 2.05) is 38.1 Å². The smallest absolute Gasteiger partial charge is 0.228 e. The summed E-state index contributed by atoms with van der Waals surface area (Å²) in [4.78, 5) is 8.35. The molecular formula is C12H12ClN3. The van der Waals surface area contributed by atoms with Gasteiger partial charge >= 0.3 is 0 Å². The molecule has 2 aromatic rings. The largest absolute Gasteiger partial charge is 0.324 e. The number of anilines is 2. The Morgan fingerprint density at radius 1 is 1.12 bits per heavy atom. The van der Waals surface area contributed by atoms with E-state index >= 15 is 0 Å². The normalized spacial score (nSPS) is 10.2. The van der Waals surface area contributed by atoms with Crippen molar-refractivity contribution in [3.8, 4) is 0 Å². The highest BCUT2D eigenvalue weighted by molar-refractivity contribution is 6.29. The number of halogens is 1. The minimum atomic E-state index is 0.447. The third-order valence-electron chi connectivity index (χ3n) is 2.10. The van der Waals surface area contributed by atoms with Crippen molar-refractivity contribution in [3.05, 3.63) is 46.7 Å². The molecule has 3 nitrogen and oxygen atoms in total. The van der Waals surface area contributed by atoms with Gasteiger partial charge < -0.3 is 5.32 Å². The van der Waals surface area contributed by atoms with Gasteiger partial charge in [-0.05, 0) is 37.6 Å². The third kappa shape index (κ3) is 2.70. The van der Waals surface area contributed by atoms with Gasteiger partial charge in [0.1, 0.15) is 5.15 Å². The van der Waals surface area contributed by atoms with E-state index in [1.54, 1.807) is 6.07 Å². The number of benzene rings is 1. The molecule has 1 aromatic heterocycles. The third-order valence-corrected chi connectivity index (χ3v) is 2.29. The molecular weight excluding hydrogens is 222 g/mol. The highest BCUT2D eigenvalue weighted by Crippen LogP contribution is 2.16. The molecule has 0 aliphatic rings. The summed E-state index contributed by atoms with van der Waals surface area (Å²) < 4.78 is 0. The molecule has 1 aromatic carbocycles. The molecule has 4 heteroatoms. The van der Waals surface area contributed by atoms with E-state index in [2.05, 4.69) is 15.3 Å². The van der Waals surface area contributed by atoms with Crippen molar-refractivity contribution < 1.29 is 0 Å². The van der Waals surface area contributed by atoms with E-state index in [0.717, 1.165) is 11.4 Å². The Labute approximate surface area is 99.5 Å². The second-order valence-corrected chi connectivity index (χ2v) is 4.04. The van der Waals surface area contributed by atoms with Crippen molar-refractivity contribution in [2.24, 2.45) is 0 Å². The van der Waals surface area contributed by atoms with Gasteiger partial charge in [-0.3, -0.25) is 0 Å². The van der Waals surface area contributed by atoms with Crippen molar-refractivity contribution in [2.75, 3.05) is 5.32 Å². The fraction of sp³-hybridized carbons (Fsp3) is 0.167. The lowest BCUT2D eigenvalue weighted by Gasteiger charge is -2.06. The van der Waals surface area contributed by atoms with Crippen LogP contribution in [0.25, 0.3) is 0 Å². The number of hydrogen-bond acceptors (Lipinski definition) is 3. The molecule has 2 rings (SSSR count). The van der Waals surface area contributed by atoms with Gasteiger partial charge in [0.05, 0.1) is 0 Å². The predicted octanol–water partition coefficient (Wildman–Crippen LogP) is 3.49. The zero-order chi connectivity index (χ0) is 11.5. The number of hydrogen-bond donors (Lipinski definition) is 1. The molecule has 0 fully saturated rings. The van der Waals surface area contributed by atoms with Crippen molar-refractivity contribution in [3.63, 3.8) is 0 Å². The van der Waals surface area contributed by atoms with Crippen LogP contribution in [0.2, 0.25) is 5.15 Å². The van der Waals surface area contributed by atoms with Crippen LogP contribution >= 0.6 is 11.6 Å². The monoisotopic (exact) mass is 233 g/mol. The van der Waals surface area contributed by atoms with Gasteiger partial charge in [0, 0.05) is 11.4 Å². The average molecular weight is 234 g/mol. The van der Waals surface area contributed by atoms with E-state index in [-0.39, 0.29) is 0 Å². The number of nitrogens with one attached hydrogen (secondary N) is 1. The summed E-state index contributed by atoms with van der Waals surface area (Å²) >= 11 is 5.86. The van der Waals surface area contributed by atoms with Crippen LogP contribution in [0.15, 0.2) is 30.3 Å². The maximum atomic E-state index is 5.86. The molecule has 0 radical (unpaired) electrons. The number of aromatic nitrogens is 2. The van der Waals surface area contributed by atoms with E-state index in [0.29, 0.717) is 11.1 Å². The molecule has 0 aliphatic heterocycles. The first-order valence-electron chi connectivity index (χ1n) is 4.98. The summed E-state index contributed by atoms with van der Waals surface area (Å²) in [5.74, 6) is 0.524. The quantitative estimate of drug-likeness (QED) is 0.807. The highest BCUT2D eigenvalue weighted by Gasteiger charge is 2.00. The molecule has 1 heterocycles. The first kappa shape index (κ1) is 10.9. The molecule has 0 saturated carbocycles. The first-order valence-corrected chi connectivity index (χ1v) is 5.36. The zero-order valence-corrected chi connectivity index (χ0v) is 9.92. The fourth-order valence-electron chi connectivity index (χ4n) is 1.44. The highest BCUT2D eigenvalue weighted by atomic mass is 35.5. The topological polar surface area (TPSA) is 37.8 Å². The molecule has 0 bridgehead atoms. The van der Waals surface area contributed by atoms with Gasteiger partial charge in [0.2, 0.25) is 5.95 Å². The zero-order valence-electron chi connectivity index (χ0n) is 9.16. The second kappa shape index (κ2) is 4.49. The average Bonchev–Trinajstić information content (AvgIpc) is 2.15. The number of aryl methyl sites for hydroxylation is 2. The molecule has 0 unspecified atom stereocenters. The van der Waals surface area contributed by atoms with Crippen LogP contribution in [0.5, 0.6) is 0 Å². The van der Waals surface area contributed by atoms with Crippen LogP contribution in [0.4, 0.5) is 11.6 Å². The van der Waals surface area contributed by atoms with Gasteiger partial charge in [-0.2, -0.15) is 0 Å². The van der Waals surface area contributed by atoms with Gasteiger partial charge in [-0.15, -0.1) is 0 Å². The minimum Gasteiger partial charge on any atom is -0.324 e. The molecule has 0 amide bonds. The lowest BCUT2D eigenvalue weighted by atomic mass is 10.2. The summed E-state index contributed by atoms with van der Waals surface area (Å²) in [6.07, 6.45) is 0. The molecule has 0 spiro atoms. The molecule has 0 atom stereocenters. The summed E-state index contributed by atoms with van der Waals surface area (Å²) in [6, 6.07) is 9.74. The van der Waals surface area contributed by atoms with E-state index in [9.17, 15) is 0 Å². The second-order valence-electron chi connectivity index (χ2n) is 3.65. The van der Waals surface area contributed by atoms with Crippen LogP contribution in [0, 0.1) is 13.8 Å². The lowest BCUT2D eigenvalue weighted by molar-refractivity contribution is 1.11. The van der Waals surface area contributed by atoms with Gasteiger partial charge in [0.15, 0.2) is 0 Å². The van der Waals surface area contributed by atoms with Crippen molar-refractivity contribution >= 4 is 23.2 Å². The minimum absolute atomic E-state index is 0.447. The SMILES string of the molecule is Cc1cccc(Nc2nc(C)cc(Cl)n2)c1. The van der Waals surface area contributed by atoms with Crippen LogP contribution in [0.3, 0.4) is 0 Å².